The first-order valence-corrected chi connectivity index (χ1v) is 11.2. The number of anilines is 1. The topological polar surface area (TPSA) is 78.3 Å². The molecule has 1 aromatic heterocycles. The Bertz CT molecular complexity index is 1270. The summed E-state index contributed by atoms with van der Waals surface area (Å²) in [5.74, 6) is 0.0878. The Balaban J connectivity index is 1.38. The van der Waals surface area contributed by atoms with Crippen LogP contribution in [0, 0.1) is 0 Å². The predicted octanol–water partition coefficient (Wildman–Crippen LogP) is 6.92. The standard InChI is InChI=1S/C26H23F3N4O3/c1-2-6-23(18-7-4-3-5-8-18)35-25(34)31-20-11-9-19(10-12-20)24-30-17-33(32-24)21-13-15-22(16-14-21)36-26(27,28)29/h3-5,7-17,23H,2,6H2,1H3,(H,31,34). The lowest BCUT2D eigenvalue weighted by Crippen LogP contribution is -2.17. The molecule has 1 amide bonds. The van der Waals surface area contributed by atoms with E-state index >= 15 is 0 Å². The molecule has 1 heterocycles. The van der Waals surface area contributed by atoms with Crippen molar-refractivity contribution in [2.75, 3.05) is 5.32 Å². The highest BCUT2D eigenvalue weighted by atomic mass is 19.4. The fourth-order valence-corrected chi connectivity index (χ4v) is 3.52. The number of aromatic nitrogens is 3. The third-order valence-electron chi connectivity index (χ3n) is 5.19. The maximum Gasteiger partial charge on any atom is 0.573 e. The molecule has 4 rings (SSSR count). The number of alkyl halides is 3. The van der Waals surface area contributed by atoms with Gasteiger partial charge in [-0.2, -0.15) is 0 Å². The molecular weight excluding hydrogens is 473 g/mol. The van der Waals surface area contributed by atoms with E-state index in [-0.39, 0.29) is 11.9 Å². The monoisotopic (exact) mass is 496 g/mol. The predicted molar refractivity (Wildman–Crippen MR) is 128 cm³/mol. The zero-order chi connectivity index (χ0) is 25.5. The Kier molecular flexibility index (Phi) is 7.53. The van der Waals surface area contributed by atoms with Crippen LogP contribution in [-0.2, 0) is 4.74 Å². The third kappa shape index (κ3) is 6.62. The quantitative estimate of drug-likeness (QED) is 0.286. The molecule has 1 N–H and O–H groups in total. The molecule has 0 spiro atoms. The molecule has 0 aliphatic rings. The molecule has 186 valence electrons. The molecule has 0 bridgehead atoms. The molecule has 0 aliphatic heterocycles. The highest BCUT2D eigenvalue weighted by molar-refractivity contribution is 5.85. The molecule has 0 aliphatic carbocycles. The fourth-order valence-electron chi connectivity index (χ4n) is 3.52. The first kappa shape index (κ1) is 24.8. The van der Waals surface area contributed by atoms with Crippen LogP contribution in [0.4, 0.5) is 23.7 Å². The van der Waals surface area contributed by atoms with Gasteiger partial charge < -0.3 is 9.47 Å². The third-order valence-corrected chi connectivity index (χ3v) is 5.19. The number of carbonyl (C=O) groups excluding carboxylic acids is 1. The molecule has 4 aromatic rings. The summed E-state index contributed by atoms with van der Waals surface area (Å²) in [5, 5.41) is 7.10. The minimum Gasteiger partial charge on any atom is -0.441 e. The number of hydrogen-bond donors (Lipinski definition) is 1. The van der Waals surface area contributed by atoms with Crippen LogP contribution >= 0.6 is 0 Å². The van der Waals surface area contributed by atoms with Gasteiger partial charge in [0.05, 0.1) is 5.69 Å². The summed E-state index contributed by atoms with van der Waals surface area (Å²) >= 11 is 0. The molecule has 0 saturated carbocycles. The van der Waals surface area contributed by atoms with Crippen LogP contribution in [0.1, 0.15) is 31.4 Å². The van der Waals surface area contributed by atoms with Crippen molar-refractivity contribution in [2.45, 2.75) is 32.2 Å². The van der Waals surface area contributed by atoms with Crippen LogP contribution in [0.2, 0.25) is 0 Å². The van der Waals surface area contributed by atoms with Crippen molar-refractivity contribution < 1.29 is 27.4 Å². The molecule has 0 saturated heterocycles. The first-order valence-electron chi connectivity index (χ1n) is 11.2. The highest BCUT2D eigenvalue weighted by Gasteiger charge is 2.31. The molecule has 3 aromatic carbocycles. The van der Waals surface area contributed by atoms with Crippen molar-refractivity contribution in [2.24, 2.45) is 0 Å². The van der Waals surface area contributed by atoms with Gasteiger partial charge in [0.2, 0.25) is 0 Å². The number of hydrogen-bond acceptors (Lipinski definition) is 5. The van der Waals surface area contributed by atoms with E-state index < -0.39 is 12.5 Å². The maximum absolute atomic E-state index is 12.5. The van der Waals surface area contributed by atoms with Crippen LogP contribution in [0.5, 0.6) is 5.75 Å². The minimum atomic E-state index is -4.75. The second-order valence-corrected chi connectivity index (χ2v) is 7.85. The van der Waals surface area contributed by atoms with Crippen molar-refractivity contribution >= 4 is 11.8 Å². The van der Waals surface area contributed by atoms with E-state index in [4.69, 9.17) is 4.74 Å². The first-order chi connectivity index (χ1) is 17.3. The van der Waals surface area contributed by atoms with E-state index in [1.165, 1.54) is 35.3 Å². The summed E-state index contributed by atoms with van der Waals surface area (Å²) in [6.45, 7) is 2.03. The zero-order valence-electron chi connectivity index (χ0n) is 19.3. The molecule has 1 atom stereocenters. The van der Waals surface area contributed by atoms with Gasteiger partial charge in [0, 0.05) is 11.3 Å². The smallest absolute Gasteiger partial charge is 0.441 e. The Morgan fingerprint density at radius 1 is 1.00 bits per heavy atom. The Morgan fingerprint density at radius 2 is 1.69 bits per heavy atom. The average Bonchev–Trinajstić information content (AvgIpc) is 3.35. The summed E-state index contributed by atoms with van der Waals surface area (Å²) in [6, 6.07) is 21.8. The largest absolute Gasteiger partial charge is 0.573 e. The SMILES string of the molecule is CCCC(OC(=O)Nc1ccc(-c2ncn(-c3ccc(OC(F)(F)F)cc3)n2)cc1)c1ccccc1. The van der Waals surface area contributed by atoms with Crippen LogP contribution < -0.4 is 10.1 Å². The number of nitrogens with zero attached hydrogens (tertiary/aromatic N) is 3. The second kappa shape index (κ2) is 10.9. The summed E-state index contributed by atoms with van der Waals surface area (Å²) in [5.41, 5.74) is 2.70. The maximum atomic E-state index is 12.5. The highest BCUT2D eigenvalue weighted by Crippen LogP contribution is 2.25. The average molecular weight is 496 g/mol. The summed E-state index contributed by atoms with van der Waals surface area (Å²) in [4.78, 5) is 16.7. The van der Waals surface area contributed by atoms with Crippen molar-refractivity contribution in [1.29, 1.82) is 0 Å². The number of rotatable bonds is 8. The summed E-state index contributed by atoms with van der Waals surface area (Å²) in [6.07, 6.45) is -2.60. The van der Waals surface area contributed by atoms with E-state index in [9.17, 15) is 18.0 Å². The summed E-state index contributed by atoms with van der Waals surface area (Å²) in [7, 11) is 0. The lowest BCUT2D eigenvalue weighted by molar-refractivity contribution is -0.274. The Morgan fingerprint density at radius 3 is 2.33 bits per heavy atom. The second-order valence-electron chi connectivity index (χ2n) is 7.85. The van der Waals surface area contributed by atoms with Crippen molar-refractivity contribution in [1.82, 2.24) is 14.8 Å². The van der Waals surface area contributed by atoms with Crippen LogP contribution in [0.25, 0.3) is 17.1 Å². The lowest BCUT2D eigenvalue weighted by Gasteiger charge is -2.18. The molecular formula is C26H23F3N4O3. The number of ether oxygens (including phenoxy) is 2. The van der Waals surface area contributed by atoms with Gasteiger partial charge in [0.1, 0.15) is 18.2 Å². The number of carbonyl (C=O) groups is 1. The number of nitrogens with one attached hydrogen (secondary N) is 1. The number of amides is 1. The van der Waals surface area contributed by atoms with Crippen LogP contribution in [0.15, 0.2) is 85.2 Å². The molecule has 36 heavy (non-hydrogen) atoms. The fraction of sp³-hybridized carbons (Fsp3) is 0.192. The van der Waals surface area contributed by atoms with Gasteiger partial charge in [0.15, 0.2) is 5.82 Å². The van der Waals surface area contributed by atoms with Crippen molar-refractivity contribution in [3.8, 4) is 22.8 Å². The van der Waals surface area contributed by atoms with Gasteiger partial charge >= 0.3 is 12.5 Å². The van der Waals surface area contributed by atoms with Gasteiger partial charge in [-0.3, -0.25) is 5.32 Å². The molecule has 1 unspecified atom stereocenters. The van der Waals surface area contributed by atoms with E-state index in [1.807, 2.05) is 37.3 Å². The van der Waals surface area contributed by atoms with Crippen LogP contribution in [-0.4, -0.2) is 27.2 Å². The van der Waals surface area contributed by atoms with Crippen molar-refractivity contribution in [3.63, 3.8) is 0 Å². The zero-order valence-corrected chi connectivity index (χ0v) is 19.3. The normalized spacial score (nSPS) is 12.1. The van der Waals surface area contributed by atoms with Gasteiger partial charge in [0.25, 0.3) is 0 Å². The molecule has 0 radical (unpaired) electrons. The van der Waals surface area contributed by atoms with E-state index in [0.717, 1.165) is 12.0 Å². The van der Waals surface area contributed by atoms with Crippen LogP contribution in [0.3, 0.4) is 0 Å². The van der Waals surface area contributed by atoms with E-state index in [0.29, 0.717) is 29.2 Å². The molecule has 7 nitrogen and oxygen atoms in total. The van der Waals surface area contributed by atoms with Crippen molar-refractivity contribution in [3.05, 3.63) is 90.8 Å². The van der Waals surface area contributed by atoms with Gasteiger partial charge in [-0.15, -0.1) is 18.3 Å². The van der Waals surface area contributed by atoms with Gasteiger partial charge in [-0.05, 0) is 60.5 Å². The van der Waals surface area contributed by atoms with E-state index in [1.54, 1.807) is 24.3 Å². The lowest BCUT2D eigenvalue weighted by atomic mass is 10.1. The minimum absolute atomic E-state index is 0.321. The van der Waals surface area contributed by atoms with Gasteiger partial charge in [-0.1, -0.05) is 43.7 Å². The Labute approximate surface area is 205 Å². The van der Waals surface area contributed by atoms with E-state index in [2.05, 4.69) is 20.1 Å². The molecule has 10 heteroatoms. The van der Waals surface area contributed by atoms with Gasteiger partial charge in [-0.25, -0.2) is 14.5 Å². The molecule has 0 fully saturated rings. The summed E-state index contributed by atoms with van der Waals surface area (Å²) < 4.78 is 47.9. The number of benzene rings is 3. The Hall–Kier alpha value is -4.34. The number of halogens is 3.